The molecule has 1 aliphatic heterocycles. The monoisotopic (exact) mass is 471 g/mol. The van der Waals surface area contributed by atoms with Crippen LogP contribution in [0.15, 0.2) is 53.4 Å². The maximum Gasteiger partial charge on any atom is 0.262 e. The molecule has 1 fully saturated rings. The topological polar surface area (TPSA) is 107 Å². The molecule has 0 aliphatic carbocycles. The average molecular weight is 472 g/mol. The van der Waals surface area contributed by atoms with E-state index in [1.54, 1.807) is 6.07 Å². The molecule has 4 rings (SSSR count). The first-order valence-corrected chi connectivity index (χ1v) is 11.9. The number of anilines is 1. The highest BCUT2D eigenvalue weighted by molar-refractivity contribution is 7.89. The largest absolute Gasteiger partial charge is 0.495 e. The van der Waals surface area contributed by atoms with E-state index < -0.39 is 15.9 Å². The maximum absolute atomic E-state index is 13.0. The van der Waals surface area contributed by atoms with Gasteiger partial charge in [0.25, 0.3) is 5.91 Å². The van der Waals surface area contributed by atoms with Crippen LogP contribution in [0.2, 0.25) is 0 Å². The molecule has 10 heteroatoms. The van der Waals surface area contributed by atoms with E-state index in [9.17, 15) is 13.2 Å². The fourth-order valence-corrected chi connectivity index (χ4v) is 4.98. The fraction of sp³-hybridized carbons (Fsp3) is 0.304. The number of sulfonamides is 1. The van der Waals surface area contributed by atoms with E-state index in [2.05, 4.69) is 10.3 Å². The van der Waals surface area contributed by atoms with Crippen molar-refractivity contribution in [3.05, 3.63) is 54.2 Å². The van der Waals surface area contributed by atoms with E-state index in [-0.39, 0.29) is 30.3 Å². The van der Waals surface area contributed by atoms with Gasteiger partial charge in [0.15, 0.2) is 6.61 Å². The number of aryl methyl sites for hydroxylation is 1. The zero-order valence-electron chi connectivity index (χ0n) is 18.4. The Bertz CT molecular complexity index is 1270. The van der Waals surface area contributed by atoms with Gasteiger partial charge in [0.1, 0.15) is 17.0 Å². The minimum absolute atomic E-state index is 0.0650. The van der Waals surface area contributed by atoms with Crippen molar-refractivity contribution < 1.29 is 27.4 Å². The molecule has 2 heterocycles. The highest BCUT2D eigenvalue weighted by Gasteiger charge is 2.27. The zero-order chi connectivity index (χ0) is 23.4. The summed E-state index contributed by atoms with van der Waals surface area (Å²) in [5.74, 6) is 0.368. The number of carbonyl (C=O) groups excluding carboxylic acids is 1. The SMILES string of the molecule is COc1ccc(S(=O)(=O)N2CCOCC2)cc1NC(=O)COc1cccc2ccc(C)nc12. The normalized spacial score (nSPS) is 14.7. The van der Waals surface area contributed by atoms with Gasteiger partial charge in [-0.05, 0) is 37.3 Å². The number of nitrogens with one attached hydrogen (secondary N) is 1. The quantitative estimate of drug-likeness (QED) is 0.564. The minimum Gasteiger partial charge on any atom is -0.495 e. The third-order valence-electron chi connectivity index (χ3n) is 5.23. The summed E-state index contributed by atoms with van der Waals surface area (Å²) in [6, 6.07) is 13.7. The number of carbonyl (C=O) groups is 1. The van der Waals surface area contributed by atoms with E-state index in [4.69, 9.17) is 14.2 Å². The van der Waals surface area contributed by atoms with Gasteiger partial charge in [-0.15, -0.1) is 0 Å². The molecule has 3 aromatic rings. The molecule has 0 spiro atoms. The predicted molar refractivity (Wildman–Crippen MR) is 123 cm³/mol. The number of fused-ring (bicyclic) bond motifs is 1. The Hall–Kier alpha value is -3.21. The lowest BCUT2D eigenvalue weighted by atomic mass is 10.2. The van der Waals surface area contributed by atoms with E-state index in [1.165, 1.54) is 29.6 Å². The molecule has 1 amide bonds. The highest BCUT2D eigenvalue weighted by atomic mass is 32.2. The summed E-state index contributed by atoms with van der Waals surface area (Å²) < 4.78 is 43.6. The summed E-state index contributed by atoms with van der Waals surface area (Å²) >= 11 is 0. The number of hydrogen-bond donors (Lipinski definition) is 1. The second-order valence-electron chi connectivity index (χ2n) is 7.50. The predicted octanol–water partition coefficient (Wildman–Crippen LogP) is 2.59. The van der Waals surface area contributed by atoms with Crippen LogP contribution in [0.4, 0.5) is 5.69 Å². The van der Waals surface area contributed by atoms with E-state index in [0.29, 0.717) is 30.2 Å². The Morgan fingerprint density at radius 2 is 1.91 bits per heavy atom. The molecule has 1 aliphatic rings. The molecule has 0 atom stereocenters. The van der Waals surface area contributed by atoms with Gasteiger partial charge in [-0.1, -0.05) is 18.2 Å². The molecule has 9 nitrogen and oxygen atoms in total. The van der Waals surface area contributed by atoms with Crippen molar-refractivity contribution in [3.8, 4) is 11.5 Å². The number of nitrogens with zero attached hydrogens (tertiary/aromatic N) is 2. The second-order valence-corrected chi connectivity index (χ2v) is 9.43. The molecular formula is C23H25N3O6S. The molecule has 0 saturated carbocycles. The van der Waals surface area contributed by atoms with Crippen molar-refractivity contribution >= 4 is 32.5 Å². The zero-order valence-corrected chi connectivity index (χ0v) is 19.2. The first-order chi connectivity index (χ1) is 15.9. The summed E-state index contributed by atoms with van der Waals surface area (Å²) in [7, 11) is -2.28. The van der Waals surface area contributed by atoms with Gasteiger partial charge in [-0.3, -0.25) is 4.79 Å². The van der Waals surface area contributed by atoms with Crippen LogP contribution in [-0.2, 0) is 19.6 Å². The van der Waals surface area contributed by atoms with E-state index >= 15 is 0 Å². The number of para-hydroxylation sites is 1. The van der Waals surface area contributed by atoms with Crippen molar-refractivity contribution in [2.75, 3.05) is 45.3 Å². The van der Waals surface area contributed by atoms with Crippen LogP contribution < -0.4 is 14.8 Å². The first-order valence-electron chi connectivity index (χ1n) is 10.4. The van der Waals surface area contributed by atoms with E-state index in [0.717, 1.165) is 11.1 Å². The van der Waals surface area contributed by atoms with Crippen LogP contribution in [-0.4, -0.2) is 63.6 Å². The standard InChI is InChI=1S/C23H25N3O6S/c1-16-6-7-17-4-3-5-21(23(17)24-16)32-15-22(27)25-19-14-18(8-9-20(19)30-2)33(28,29)26-10-12-31-13-11-26/h3-9,14H,10-13,15H2,1-2H3,(H,25,27). The van der Waals surface area contributed by atoms with Crippen molar-refractivity contribution in [1.29, 1.82) is 0 Å². The molecule has 1 N–H and O–H groups in total. The van der Waals surface area contributed by atoms with Crippen LogP contribution in [0.3, 0.4) is 0 Å². The molecule has 0 unspecified atom stereocenters. The number of ether oxygens (including phenoxy) is 3. The molecule has 1 saturated heterocycles. The second kappa shape index (κ2) is 9.74. The van der Waals surface area contributed by atoms with Gasteiger partial charge >= 0.3 is 0 Å². The number of hydrogen-bond acceptors (Lipinski definition) is 7. The summed E-state index contributed by atoms with van der Waals surface area (Å²) in [6.07, 6.45) is 0. The van der Waals surface area contributed by atoms with Crippen LogP contribution in [0, 0.1) is 6.92 Å². The lowest BCUT2D eigenvalue weighted by molar-refractivity contribution is -0.118. The molecule has 1 aromatic heterocycles. The van der Waals surface area contributed by atoms with Crippen LogP contribution >= 0.6 is 0 Å². The number of morpholine rings is 1. The summed E-state index contributed by atoms with van der Waals surface area (Å²) in [4.78, 5) is 17.2. The number of amides is 1. The molecule has 0 bridgehead atoms. The van der Waals surface area contributed by atoms with Crippen LogP contribution in [0.5, 0.6) is 11.5 Å². The Kier molecular flexibility index (Phi) is 6.77. The van der Waals surface area contributed by atoms with E-state index in [1.807, 2.05) is 31.2 Å². The fourth-order valence-electron chi connectivity index (χ4n) is 3.54. The average Bonchev–Trinajstić information content (AvgIpc) is 2.83. The lowest BCUT2D eigenvalue weighted by Gasteiger charge is -2.26. The smallest absolute Gasteiger partial charge is 0.262 e. The molecular weight excluding hydrogens is 446 g/mol. The van der Waals surface area contributed by atoms with Crippen LogP contribution in [0.1, 0.15) is 5.69 Å². The van der Waals surface area contributed by atoms with Gasteiger partial charge in [0, 0.05) is 24.2 Å². The van der Waals surface area contributed by atoms with Gasteiger partial charge in [-0.25, -0.2) is 13.4 Å². The Morgan fingerprint density at radius 1 is 1.12 bits per heavy atom. The van der Waals surface area contributed by atoms with Gasteiger partial charge in [-0.2, -0.15) is 4.31 Å². The van der Waals surface area contributed by atoms with Crippen molar-refractivity contribution in [3.63, 3.8) is 0 Å². The van der Waals surface area contributed by atoms with Gasteiger partial charge in [0.05, 0.1) is 30.9 Å². The summed E-state index contributed by atoms with van der Waals surface area (Å²) in [5.41, 5.74) is 1.75. The third-order valence-corrected chi connectivity index (χ3v) is 7.13. The van der Waals surface area contributed by atoms with Gasteiger partial charge < -0.3 is 19.5 Å². The highest BCUT2D eigenvalue weighted by Crippen LogP contribution is 2.29. The van der Waals surface area contributed by atoms with Crippen molar-refractivity contribution in [1.82, 2.24) is 9.29 Å². The number of aromatic nitrogens is 1. The first kappa shape index (κ1) is 23.0. The molecule has 33 heavy (non-hydrogen) atoms. The number of methoxy groups -OCH3 is 1. The number of pyridine rings is 1. The Morgan fingerprint density at radius 3 is 2.67 bits per heavy atom. The summed E-state index contributed by atoms with van der Waals surface area (Å²) in [6.45, 7) is 2.86. The number of rotatable bonds is 7. The Labute approximate surface area is 192 Å². The van der Waals surface area contributed by atoms with Crippen molar-refractivity contribution in [2.45, 2.75) is 11.8 Å². The molecule has 174 valence electrons. The number of benzene rings is 2. The Balaban J connectivity index is 1.51. The molecule has 2 aromatic carbocycles. The summed E-state index contributed by atoms with van der Waals surface area (Å²) in [5, 5.41) is 3.59. The maximum atomic E-state index is 13.0. The minimum atomic E-state index is -3.72. The van der Waals surface area contributed by atoms with Gasteiger partial charge in [0.2, 0.25) is 10.0 Å². The van der Waals surface area contributed by atoms with Crippen LogP contribution in [0.25, 0.3) is 10.9 Å². The molecule has 0 radical (unpaired) electrons. The third kappa shape index (κ3) is 5.08. The van der Waals surface area contributed by atoms with Crippen molar-refractivity contribution in [2.24, 2.45) is 0 Å². The lowest BCUT2D eigenvalue weighted by Crippen LogP contribution is -2.40.